The van der Waals surface area contributed by atoms with Gasteiger partial charge in [-0.05, 0) is 21.0 Å². The van der Waals surface area contributed by atoms with Gasteiger partial charge in [0.1, 0.15) is 5.78 Å². The number of rotatable bonds is 2. The van der Waals surface area contributed by atoms with Crippen LogP contribution < -0.4 is 0 Å². The number of hydrogen-bond donors (Lipinski definition) is 0. The van der Waals surface area contributed by atoms with Gasteiger partial charge in [-0.2, -0.15) is 0 Å². The first-order valence-corrected chi connectivity index (χ1v) is 4.48. The average Bonchev–Trinajstić information content (AvgIpc) is 1.96. The molecule has 0 aromatic rings. The van der Waals surface area contributed by atoms with Gasteiger partial charge in [0.25, 0.3) is 0 Å². The van der Waals surface area contributed by atoms with E-state index in [1.807, 2.05) is 0 Å². The van der Waals surface area contributed by atoms with Crippen LogP contribution in [0.3, 0.4) is 0 Å². The van der Waals surface area contributed by atoms with Crippen molar-refractivity contribution in [1.29, 1.82) is 0 Å². The van der Waals surface area contributed by atoms with Gasteiger partial charge in [0.05, 0.1) is 0 Å². The minimum atomic E-state index is 0.294. The van der Waals surface area contributed by atoms with E-state index >= 15 is 0 Å². The maximum Gasteiger partial charge on any atom is 0.131 e. The summed E-state index contributed by atoms with van der Waals surface area (Å²) in [6.07, 6.45) is 0.695. The van der Waals surface area contributed by atoms with Gasteiger partial charge in [0.15, 0.2) is 0 Å². The summed E-state index contributed by atoms with van der Waals surface area (Å²) in [5.41, 5.74) is 0. The Kier molecular flexibility index (Phi) is 3.23. The van der Waals surface area contributed by atoms with Crippen molar-refractivity contribution in [3.63, 3.8) is 0 Å². The van der Waals surface area contributed by atoms with Crippen LogP contribution in [0, 0.1) is 0 Å². The Labute approximate surface area is 74.3 Å². The smallest absolute Gasteiger partial charge is 0.131 e. The van der Waals surface area contributed by atoms with Crippen LogP contribution >= 0.6 is 0 Å². The highest BCUT2D eigenvalue weighted by Crippen LogP contribution is 2.09. The van der Waals surface area contributed by atoms with E-state index in [-0.39, 0.29) is 0 Å². The van der Waals surface area contributed by atoms with Crippen LogP contribution in [0.15, 0.2) is 0 Å². The Balaban J connectivity index is 2.43. The van der Waals surface area contributed by atoms with Crippen LogP contribution in [0.25, 0.3) is 0 Å². The SMILES string of the molecule is CC(=O)C[C@@H]1CN(C)CCN1C. The zero-order chi connectivity index (χ0) is 9.14. The quantitative estimate of drug-likeness (QED) is 0.592. The molecule has 1 aliphatic rings. The topological polar surface area (TPSA) is 23.6 Å². The van der Waals surface area contributed by atoms with Crippen LogP contribution in [0.5, 0.6) is 0 Å². The summed E-state index contributed by atoms with van der Waals surface area (Å²) < 4.78 is 0. The summed E-state index contributed by atoms with van der Waals surface area (Å²) in [6.45, 7) is 4.89. The number of likely N-dealkylation sites (N-methyl/N-ethyl adjacent to an activating group) is 2. The van der Waals surface area contributed by atoms with Crippen molar-refractivity contribution in [1.82, 2.24) is 9.80 Å². The zero-order valence-corrected chi connectivity index (χ0v) is 8.21. The second-order valence-corrected chi connectivity index (χ2v) is 3.80. The molecule has 1 saturated heterocycles. The van der Waals surface area contributed by atoms with Crippen molar-refractivity contribution in [3.8, 4) is 0 Å². The maximum atomic E-state index is 10.9. The van der Waals surface area contributed by atoms with Crippen molar-refractivity contribution in [2.45, 2.75) is 19.4 Å². The summed E-state index contributed by atoms with van der Waals surface area (Å²) in [5, 5.41) is 0. The molecule has 0 amide bonds. The summed E-state index contributed by atoms with van der Waals surface area (Å²) in [6, 6.07) is 0.432. The molecule has 12 heavy (non-hydrogen) atoms. The van der Waals surface area contributed by atoms with Crippen LogP contribution in [0.4, 0.5) is 0 Å². The van der Waals surface area contributed by atoms with Crippen LogP contribution in [0.1, 0.15) is 13.3 Å². The molecule has 1 aliphatic heterocycles. The van der Waals surface area contributed by atoms with Crippen molar-refractivity contribution < 1.29 is 4.79 Å². The Morgan fingerprint density at radius 2 is 2.08 bits per heavy atom. The number of ketones is 1. The molecule has 70 valence electrons. The van der Waals surface area contributed by atoms with E-state index in [0.717, 1.165) is 19.6 Å². The third-order valence-corrected chi connectivity index (χ3v) is 2.50. The van der Waals surface area contributed by atoms with E-state index < -0.39 is 0 Å². The zero-order valence-electron chi connectivity index (χ0n) is 8.21. The van der Waals surface area contributed by atoms with Crippen molar-refractivity contribution in [2.24, 2.45) is 0 Å². The molecular formula is C9H18N2O. The van der Waals surface area contributed by atoms with Gasteiger partial charge in [0, 0.05) is 32.1 Å². The molecule has 0 aromatic heterocycles. The van der Waals surface area contributed by atoms with E-state index in [0.29, 0.717) is 18.2 Å². The standard InChI is InChI=1S/C9H18N2O/c1-8(12)6-9-7-10(2)4-5-11(9)3/h9H,4-7H2,1-3H3/t9-/m1/s1. The predicted molar refractivity (Wildman–Crippen MR) is 49.2 cm³/mol. The minimum Gasteiger partial charge on any atom is -0.304 e. The first-order chi connectivity index (χ1) is 5.59. The van der Waals surface area contributed by atoms with E-state index in [2.05, 4.69) is 23.9 Å². The van der Waals surface area contributed by atoms with Gasteiger partial charge in [0.2, 0.25) is 0 Å². The number of hydrogen-bond acceptors (Lipinski definition) is 3. The molecule has 1 heterocycles. The van der Waals surface area contributed by atoms with Gasteiger partial charge in [-0.15, -0.1) is 0 Å². The third kappa shape index (κ3) is 2.57. The first-order valence-electron chi connectivity index (χ1n) is 4.48. The van der Waals surface area contributed by atoms with Gasteiger partial charge < -0.3 is 9.80 Å². The molecule has 0 aromatic carbocycles. The molecule has 0 aliphatic carbocycles. The second kappa shape index (κ2) is 4.01. The molecule has 3 nitrogen and oxygen atoms in total. The summed E-state index contributed by atoms with van der Waals surface area (Å²) in [7, 11) is 4.21. The van der Waals surface area contributed by atoms with Crippen LogP contribution in [-0.2, 0) is 4.79 Å². The van der Waals surface area contributed by atoms with Gasteiger partial charge in [-0.25, -0.2) is 0 Å². The molecule has 0 N–H and O–H groups in total. The maximum absolute atomic E-state index is 10.9. The molecule has 0 radical (unpaired) electrons. The fourth-order valence-electron chi connectivity index (χ4n) is 1.65. The number of Topliss-reactive ketones (excluding diaryl/α,β-unsaturated/α-hetero) is 1. The van der Waals surface area contributed by atoms with Gasteiger partial charge in [-0.3, -0.25) is 4.79 Å². The number of piperazine rings is 1. The van der Waals surface area contributed by atoms with Crippen LogP contribution in [0.2, 0.25) is 0 Å². The van der Waals surface area contributed by atoms with E-state index in [9.17, 15) is 4.79 Å². The lowest BCUT2D eigenvalue weighted by Gasteiger charge is -2.37. The molecule has 0 saturated carbocycles. The lowest BCUT2D eigenvalue weighted by Crippen LogP contribution is -2.50. The number of carbonyl (C=O) groups excluding carboxylic acids is 1. The van der Waals surface area contributed by atoms with Crippen molar-refractivity contribution in [3.05, 3.63) is 0 Å². The lowest BCUT2D eigenvalue weighted by molar-refractivity contribution is -0.118. The van der Waals surface area contributed by atoms with E-state index in [1.165, 1.54) is 0 Å². The molecule has 1 rings (SSSR count). The molecular weight excluding hydrogens is 152 g/mol. The van der Waals surface area contributed by atoms with Crippen molar-refractivity contribution >= 4 is 5.78 Å². The van der Waals surface area contributed by atoms with Gasteiger partial charge >= 0.3 is 0 Å². The lowest BCUT2D eigenvalue weighted by atomic mass is 10.1. The molecule has 3 heteroatoms. The van der Waals surface area contributed by atoms with E-state index in [1.54, 1.807) is 6.92 Å². The largest absolute Gasteiger partial charge is 0.304 e. The molecule has 0 unspecified atom stereocenters. The number of carbonyl (C=O) groups is 1. The normalized spacial score (nSPS) is 27.4. The fourth-order valence-corrected chi connectivity index (χ4v) is 1.65. The Morgan fingerprint density at radius 3 is 2.67 bits per heavy atom. The highest BCUT2D eigenvalue weighted by Gasteiger charge is 2.22. The molecule has 1 atom stereocenters. The monoisotopic (exact) mass is 170 g/mol. The average molecular weight is 170 g/mol. The number of nitrogens with zero attached hydrogens (tertiary/aromatic N) is 2. The van der Waals surface area contributed by atoms with E-state index in [4.69, 9.17) is 0 Å². The highest BCUT2D eigenvalue weighted by atomic mass is 16.1. The summed E-state index contributed by atoms with van der Waals surface area (Å²) in [5.74, 6) is 0.294. The summed E-state index contributed by atoms with van der Waals surface area (Å²) in [4.78, 5) is 15.5. The highest BCUT2D eigenvalue weighted by molar-refractivity contribution is 5.76. The molecule has 1 fully saturated rings. The third-order valence-electron chi connectivity index (χ3n) is 2.50. The van der Waals surface area contributed by atoms with Gasteiger partial charge in [-0.1, -0.05) is 0 Å². The fraction of sp³-hybridized carbons (Fsp3) is 0.889. The predicted octanol–water partition coefficient (Wildman–Crippen LogP) is 0.211. The molecule has 0 spiro atoms. The summed E-state index contributed by atoms with van der Waals surface area (Å²) >= 11 is 0. The van der Waals surface area contributed by atoms with Crippen LogP contribution in [-0.4, -0.2) is 55.4 Å². The second-order valence-electron chi connectivity index (χ2n) is 3.80. The van der Waals surface area contributed by atoms with Crippen molar-refractivity contribution in [2.75, 3.05) is 33.7 Å². The Hall–Kier alpha value is -0.410. The molecule has 0 bridgehead atoms. The minimum absolute atomic E-state index is 0.294. The first kappa shape index (κ1) is 9.68. The Morgan fingerprint density at radius 1 is 1.42 bits per heavy atom. The Bertz CT molecular complexity index is 170.